The number of hydrogen-bond acceptors (Lipinski definition) is 7. The number of amides is 2. The van der Waals surface area contributed by atoms with Crippen molar-refractivity contribution in [3.63, 3.8) is 0 Å². The third kappa shape index (κ3) is 12.3. The third-order valence-corrected chi connectivity index (χ3v) is 9.53. The highest BCUT2D eigenvalue weighted by Crippen LogP contribution is 2.31. The van der Waals surface area contributed by atoms with Crippen LogP contribution in [0.3, 0.4) is 0 Å². The summed E-state index contributed by atoms with van der Waals surface area (Å²) in [5.41, 5.74) is 1.28. The molecular weight excluding hydrogens is 711 g/mol. The van der Waals surface area contributed by atoms with Crippen molar-refractivity contribution in [1.82, 2.24) is 10.2 Å². The van der Waals surface area contributed by atoms with Gasteiger partial charge in [-0.15, -0.1) is 0 Å². The Labute approximate surface area is 294 Å². The van der Waals surface area contributed by atoms with Gasteiger partial charge in [-0.05, 0) is 77.4 Å². The molecule has 3 atom stereocenters. The molecule has 0 spiro atoms. The molecule has 3 rings (SSSR count). The van der Waals surface area contributed by atoms with Crippen molar-refractivity contribution >= 4 is 34.4 Å². The molecule has 0 heterocycles. The lowest BCUT2D eigenvalue weighted by Gasteiger charge is -2.41. The minimum Gasteiger partial charge on any atom is -0.497 e. The number of aliphatic hydroxyl groups excluding tert-OH is 2. The van der Waals surface area contributed by atoms with Gasteiger partial charge in [-0.3, -0.25) is 9.59 Å². The maximum Gasteiger partial charge on any atom is 0.247 e. The first kappa shape index (κ1) is 38.6. The first-order valence-electron chi connectivity index (χ1n) is 17.0. The van der Waals surface area contributed by atoms with Crippen LogP contribution in [0.2, 0.25) is 0 Å². The summed E-state index contributed by atoms with van der Waals surface area (Å²) in [6.07, 6.45) is 11.0. The smallest absolute Gasteiger partial charge is 0.247 e. The number of carbonyl (C=O) groups is 2. The van der Waals surface area contributed by atoms with E-state index in [1.54, 1.807) is 25.2 Å². The Bertz CT molecular complexity index is 1290. The summed E-state index contributed by atoms with van der Waals surface area (Å²) in [7, 11) is 3.21. The fourth-order valence-corrected chi connectivity index (χ4v) is 6.51. The molecule has 47 heavy (non-hydrogen) atoms. The summed E-state index contributed by atoms with van der Waals surface area (Å²) in [5.74, 6) is 1.53. The zero-order chi connectivity index (χ0) is 34.0. The molecule has 2 aromatic rings. The molecule has 2 aromatic carbocycles. The Hall–Kier alpha value is -2.83. The Kier molecular flexibility index (Phi) is 17.4. The van der Waals surface area contributed by atoms with Gasteiger partial charge in [0.1, 0.15) is 29.5 Å². The molecule has 260 valence electrons. The molecule has 0 bridgehead atoms. The molecule has 9 nitrogen and oxygen atoms in total. The van der Waals surface area contributed by atoms with Crippen LogP contribution in [0.15, 0.2) is 54.1 Å². The zero-order valence-electron chi connectivity index (χ0n) is 28.2. The van der Waals surface area contributed by atoms with E-state index in [1.165, 1.54) is 38.5 Å². The standard InChI is InChI=1S/C37H53IN2O7/c1-4-5-6-7-8-9-10-11-12-17-35(42)40(22-20-27-24-29(45-2)18-19-32(27)46-3)31-25-28(37(44)39-21-23-41)26-34(36(31)43)47-33-16-14-13-15-30(33)38/h13-16,18-19,24,26,31,34,36,41,43H,4-12,17,20-23,25H2,1-3H3,(H,39,44)/t31-,34+,36+/m1/s1. The first-order chi connectivity index (χ1) is 22.8. The van der Waals surface area contributed by atoms with Crippen molar-refractivity contribution in [3.05, 3.63) is 63.2 Å². The highest BCUT2D eigenvalue weighted by Gasteiger charge is 2.40. The van der Waals surface area contributed by atoms with Crippen LogP contribution >= 0.6 is 22.6 Å². The van der Waals surface area contributed by atoms with Crippen LogP contribution in [0.1, 0.15) is 83.1 Å². The van der Waals surface area contributed by atoms with Gasteiger partial charge in [0.15, 0.2) is 0 Å². The molecule has 0 saturated carbocycles. The number of benzene rings is 2. The second-order valence-electron chi connectivity index (χ2n) is 12.0. The summed E-state index contributed by atoms with van der Waals surface area (Å²) in [4.78, 5) is 28.9. The van der Waals surface area contributed by atoms with Gasteiger partial charge < -0.3 is 34.6 Å². The minimum absolute atomic E-state index is 0.0658. The van der Waals surface area contributed by atoms with Crippen molar-refractivity contribution in [2.45, 2.75) is 102 Å². The summed E-state index contributed by atoms with van der Waals surface area (Å²) >= 11 is 2.17. The molecule has 2 amide bonds. The maximum absolute atomic E-state index is 14.0. The average Bonchev–Trinajstić information content (AvgIpc) is 3.08. The number of carbonyl (C=O) groups excluding carboxylic acids is 2. The second-order valence-corrected chi connectivity index (χ2v) is 13.2. The fourth-order valence-electron chi connectivity index (χ4n) is 5.99. The summed E-state index contributed by atoms with van der Waals surface area (Å²) in [6, 6.07) is 12.3. The lowest BCUT2D eigenvalue weighted by atomic mass is 9.87. The maximum atomic E-state index is 14.0. The number of ether oxygens (including phenoxy) is 3. The van der Waals surface area contributed by atoms with Gasteiger partial charge in [-0.1, -0.05) is 70.4 Å². The molecule has 0 radical (unpaired) electrons. The molecule has 0 aliphatic heterocycles. The zero-order valence-corrected chi connectivity index (χ0v) is 30.4. The molecule has 0 saturated heterocycles. The minimum atomic E-state index is -1.08. The van der Waals surface area contributed by atoms with Crippen LogP contribution in [0, 0.1) is 3.57 Å². The SMILES string of the molecule is CCCCCCCCCCCC(=O)N(CCc1cc(OC)ccc1OC)[C@@H]1CC(C(=O)NCCO)=C[C@H](Oc2ccccc2I)[C@H]1O. The Morgan fingerprint density at radius 3 is 2.32 bits per heavy atom. The van der Waals surface area contributed by atoms with Crippen molar-refractivity contribution in [2.24, 2.45) is 0 Å². The second kappa shape index (κ2) is 21.2. The lowest BCUT2D eigenvalue weighted by Crippen LogP contribution is -2.55. The van der Waals surface area contributed by atoms with Crippen LogP contribution in [-0.4, -0.2) is 79.1 Å². The largest absolute Gasteiger partial charge is 0.497 e. The van der Waals surface area contributed by atoms with Gasteiger partial charge in [-0.2, -0.15) is 0 Å². The third-order valence-electron chi connectivity index (χ3n) is 8.64. The number of nitrogens with zero attached hydrogens (tertiary/aromatic N) is 1. The number of para-hydroxylation sites is 1. The summed E-state index contributed by atoms with van der Waals surface area (Å²) in [5, 5.41) is 23.8. The van der Waals surface area contributed by atoms with Crippen LogP contribution in [-0.2, 0) is 16.0 Å². The Morgan fingerprint density at radius 2 is 1.66 bits per heavy atom. The molecule has 0 aromatic heterocycles. The number of methoxy groups -OCH3 is 2. The number of halogens is 1. The predicted molar refractivity (Wildman–Crippen MR) is 193 cm³/mol. The molecule has 0 fully saturated rings. The topological polar surface area (TPSA) is 118 Å². The lowest BCUT2D eigenvalue weighted by molar-refractivity contribution is -0.138. The van der Waals surface area contributed by atoms with E-state index < -0.39 is 18.2 Å². The van der Waals surface area contributed by atoms with Gasteiger partial charge in [0, 0.05) is 31.5 Å². The van der Waals surface area contributed by atoms with E-state index in [1.807, 2.05) is 42.5 Å². The predicted octanol–water partition coefficient (Wildman–Crippen LogP) is 6.22. The highest BCUT2D eigenvalue weighted by atomic mass is 127. The van der Waals surface area contributed by atoms with E-state index in [9.17, 15) is 19.8 Å². The Morgan fingerprint density at radius 1 is 0.957 bits per heavy atom. The van der Waals surface area contributed by atoms with Gasteiger partial charge >= 0.3 is 0 Å². The van der Waals surface area contributed by atoms with Crippen molar-refractivity contribution in [1.29, 1.82) is 0 Å². The van der Waals surface area contributed by atoms with Gasteiger partial charge in [0.05, 0.1) is 30.4 Å². The van der Waals surface area contributed by atoms with Crippen molar-refractivity contribution < 1.29 is 34.0 Å². The van der Waals surface area contributed by atoms with E-state index in [-0.39, 0.29) is 31.4 Å². The van der Waals surface area contributed by atoms with Crippen LogP contribution in [0.4, 0.5) is 0 Å². The molecular formula is C37H53IN2O7. The number of hydrogen-bond donors (Lipinski definition) is 3. The number of rotatable bonds is 21. The Balaban J connectivity index is 1.84. The normalized spacial score (nSPS) is 17.5. The summed E-state index contributed by atoms with van der Waals surface area (Å²) in [6.45, 7) is 2.43. The highest BCUT2D eigenvalue weighted by molar-refractivity contribution is 14.1. The fraction of sp³-hybridized carbons (Fsp3) is 0.568. The van der Waals surface area contributed by atoms with Crippen molar-refractivity contribution in [3.8, 4) is 17.2 Å². The monoisotopic (exact) mass is 764 g/mol. The van der Waals surface area contributed by atoms with Gasteiger partial charge in [-0.25, -0.2) is 0 Å². The molecule has 0 unspecified atom stereocenters. The van der Waals surface area contributed by atoms with E-state index in [0.717, 1.165) is 28.4 Å². The summed E-state index contributed by atoms with van der Waals surface area (Å²) < 4.78 is 18.2. The van der Waals surface area contributed by atoms with E-state index in [2.05, 4.69) is 34.8 Å². The average molecular weight is 765 g/mol. The first-order valence-corrected chi connectivity index (χ1v) is 18.1. The number of unbranched alkanes of at least 4 members (excludes halogenated alkanes) is 8. The van der Waals surface area contributed by atoms with Gasteiger partial charge in [0.25, 0.3) is 0 Å². The molecule has 3 N–H and O–H groups in total. The molecule has 1 aliphatic rings. The van der Waals surface area contributed by atoms with Crippen LogP contribution < -0.4 is 19.5 Å². The van der Waals surface area contributed by atoms with Crippen molar-refractivity contribution in [2.75, 3.05) is 33.9 Å². The number of aliphatic hydroxyl groups is 2. The van der Waals surface area contributed by atoms with E-state index in [4.69, 9.17) is 14.2 Å². The quantitative estimate of drug-likeness (QED) is 0.102. The molecule has 10 heteroatoms. The molecule has 1 aliphatic carbocycles. The van der Waals surface area contributed by atoms with Gasteiger partial charge in [0.2, 0.25) is 11.8 Å². The van der Waals surface area contributed by atoms with E-state index >= 15 is 0 Å². The van der Waals surface area contributed by atoms with Crippen LogP contribution in [0.25, 0.3) is 0 Å². The van der Waals surface area contributed by atoms with Crippen LogP contribution in [0.5, 0.6) is 17.2 Å². The van der Waals surface area contributed by atoms with E-state index in [0.29, 0.717) is 42.2 Å². The number of nitrogens with one attached hydrogen (secondary N) is 1.